The Kier molecular flexibility index (Phi) is 1.96. The molecule has 0 bridgehead atoms. The van der Waals surface area contributed by atoms with Crippen LogP contribution in [0, 0.1) is 6.07 Å². The summed E-state index contributed by atoms with van der Waals surface area (Å²) in [4.78, 5) is 0. The molecule has 2 rings (SSSR count). The third-order valence-corrected chi connectivity index (χ3v) is 2.04. The molecule has 0 unspecified atom stereocenters. The molecule has 0 aliphatic rings. The Morgan fingerprint density at radius 2 is 2.00 bits per heavy atom. The van der Waals surface area contributed by atoms with Crippen LogP contribution in [0.3, 0.4) is 0 Å². The number of hydrogen-bond donors (Lipinski definition) is 0. The summed E-state index contributed by atoms with van der Waals surface area (Å²) in [7, 11) is 0. The van der Waals surface area contributed by atoms with E-state index in [1.807, 2.05) is 0 Å². The van der Waals surface area contributed by atoms with Gasteiger partial charge in [-0.05, 0) is 12.1 Å². The van der Waals surface area contributed by atoms with Crippen LogP contribution < -0.4 is 0 Å². The first-order chi connectivity index (χ1) is 6.48. The van der Waals surface area contributed by atoms with Crippen LogP contribution in [0.5, 0.6) is 0 Å². The molecule has 0 aliphatic carbocycles. The van der Waals surface area contributed by atoms with Gasteiger partial charge in [0.05, 0.1) is 16.8 Å². The molecule has 14 heavy (non-hydrogen) atoms. The van der Waals surface area contributed by atoms with Gasteiger partial charge in [-0.25, -0.2) is 0 Å². The molecule has 1 heterocycles. The largest absolute Gasteiger partial charge is 0.462 e. The summed E-state index contributed by atoms with van der Waals surface area (Å²) < 4.78 is 41.8. The Labute approximate surface area is 82.1 Å². The molecule has 0 saturated carbocycles. The maximum absolute atomic E-state index is 12.3. The summed E-state index contributed by atoms with van der Waals surface area (Å²) in [5, 5.41) is 0.168. The number of hydrogen-bond acceptors (Lipinski definition) is 1. The Morgan fingerprint density at radius 3 is 2.64 bits per heavy atom. The van der Waals surface area contributed by atoms with E-state index in [0.717, 1.165) is 12.1 Å². The van der Waals surface area contributed by atoms with E-state index < -0.39 is 11.7 Å². The molecule has 1 aromatic heterocycles. The first-order valence-electron chi connectivity index (χ1n) is 3.64. The number of halogens is 4. The molecule has 0 spiro atoms. The predicted octanol–water partition coefficient (Wildman–Crippen LogP) is 3.91. The van der Waals surface area contributed by atoms with Crippen LogP contribution in [0.2, 0.25) is 5.02 Å². The summed E-state index contributed by atoms with van der Waals surface area (Å²) in [5.74, 6) is 0. The Balaban J connectivity index is 2.70. The Morgan fingerprint density at radius 1 is 1.29 bits per heavy atom. The highest BCUT2D eigenvalue weighted by Gasteiger charge is 2.31. The highest BCUT2D eigenvalue weighted by molar-refractivity contribution is 6.34. The molecular weight excluding hydrogens is 217 g/mol. The molecule has 0 amide bonds. The number of rotatable bonds is 0. The molecule has 5 heteroatoms. The average molecular weight is 220 g/mol. The van der Waals surface area contributed by atoms with E-state index in [0.29, 0.717) is 0 Å². The van der Waals surface area contributed by atoms with Crippen molar-refractivity contribution in [3.05, 3.63) is 35.0 Å². The van der Waals surface area contributed by atoms with Crippen molar-refractivity contribution in [3.8, 4) is 0 Å². The maximum Gasteiger partial charge on any atom is 0.416 e. The zero-order chi connectivity index (χ0) is 10.3. The van der Waals surface area contributed by atoms with Gasteiger partial charge < -0.3 is 4.42 Å². The molecule has 2 aromatic rings. The Hall–Kier alpha value is -1.16. The minimum Gasteiger partial charge on any atom is -0.462 e. The van der Waals surface area contributed by atoms with Gasteiger partial charge >= 0.3 is 6.18 Å². The van der Waals surface area contributed by atoms with E-state index >= 15 is 0 Å². The smallest absolute Gasteiger partial charge is 0.416 e. The van der Waals surface area contributed by atoms with Crippen molar-refractivity contribution in [2.75, 3.05) is 0 Å². The van der Waals surface area contributed by atoms with Crippen molar-refractivity contribution >= 4 is 22.6 Å². The third-order valence-electron chi connectivity index (χ3n) is 1.76. The van der Waals surface area contributed by atoms with Gasteiger partial charge in [-0.1, -0.05) is 11.6 Å². The zero-order valence-electron chi connectivity index (χ0n) is 6.65. The monoisotopic (exact) mass is 219 g/mol. The summed E-state index contributed by atoms with van der Waals surface area (Å²) in [6, 6.07) is 4.31. The molecule has 0 saturated heterocycles. The number of fused-ring (bicyclic) bond motifs is 1. The number of benzene rings is 1. The standard InChI is InChI=1S/C9H3ClF3O/c10-7-4-6(9(11,12)13)3-5-1-2-14-8(5)7/h2-4H. The van der Waals surface area contributed by atoms with E-state index in [4.69, 9.17) is 16.0 Å². The van der Waals surface area contributed by atoms with E-state index in [-0.39, 0.29) is 16.0 Å². The van der Waals surface area contributed by atoms with E-state index in [2.05, 4.69) is 6.07 Å². The van der Waals surface area contributed by atoms with E-state index in [9.17, 15) is 13.2 Å². The molecule has 0 fully saturated rings. The van der Waals surface area contributed by atoms with Gasteiger partial charge in [-0.2, -0.15) is 13.2 Å². The lowest BCUT2D eigenvalue weighted by Crippen LogP contribution is -2.04. The van der Waals surface area contributed by atoms with Crippen LogP contribution >= 0.6 is 11.6 Å². The fourth-order valence-electron chi connectivity index (χ4n) is 1.14. The lowest BCUT2D eigenvalue weighted by Gasteiger charge is -2.06. The SMILES string of the molecule is FC(F)(F)c1cc(Cl)c2oc[c]c2c1. The van der Waals surface area contributed by atoms with E-state index in [1.54, 1.807) is 0 Å². The van der Waals surface area contributed by atoms with Crippen molar-refractivity contribution in [3.63, 3.8) is 0 Å². The number of alkyl halides is 3. The molecule has 0 N–H and O–H groups in total. The topological polar surface area (TPSA) is 13.1 Å². The first kappa shape index (κ1) is 9.40. The zero-order valence-corrected chi connectivity index (χ0v) is 7.41. The molecule has 73 valence electrons. The molecular formula is C9H3ClF3O. The van der Waals surface area contributed by atoms with Crippen LogP contribution in [0.4, 0.5) is 13.2 Å². The van der Waals surface area contributed by atoms with Gasteiger partial charge in [0.2, 0.25) is 0 Å². The van der Waals surface area contributed by atoms with Crippen molar-refractivity contribution in [2.24, 2.45) is 0 Å². The molecule has 1 radical (unpaired) electrons. The summed E-state index contributed by atoms with van der Waals surface area (Å²) in [6.45, 7) is 0. The molecule has 0 atom stereocenters. The van der Waals surface area contributed by atoms with Crippen LogP contribution in [-0.2, 0) is 6.18 Å². The Bertz CT molecular complexity index is 472. The average Bonchev–Trinajstić information content (AvgIpc) is 2.50. The van der Waals surface area contributed by atoms with Crippen molar-refractivity contribution in [1.29, 1.82) is 0 Å². The lowest BCUT2D eigenvalue weighted by molar-refractivity contribution is -0.137. The van der Waals surface area contributed by atoms with Gasteiger partial charge in [-0.3, -0.25) is 0 Å². The minimum atomic E-state index is -4.40. The lowest BCUT2D eigenvalue weighted by atomic mass is 10.1. The quantitative estimate of drug-likeness (QED) is 0.655. The van der Waals surface area contributed by atoms with Crippen molar-refractivity contribution in [2.45, 2.75) is 6.18 Å². The molecule has 1 aromatic carbocycles. The normalized spacial score (nSPS) is 12.3. The fourth-order valence-corrected chi connectivity index (χ4v) is 1.40. The van der Waals surface area contributed by atoms with Crippen LogP contribution in [0.15, 0.2) is 22.8 Å². The summed E-state index contributed by atoms with van der Waals surface area (Å²) in [5.41, 5.74) is -0.577. The first-order valence-corrected chi connectivity index (χ1v) is 4.02. The van der Waals surface area contributed by atoms with Gasteiger partial charge in [0.15, 0.2) is 5.58 Å². The van der Waals surface area contributed by atoms with Gasteiger partial charge in [0.1, 0.15) is 0 Å². The highest BCUT2D eigenvalue weighted by atomic mass is 35.5. The van der Waals surface area contributed by atoms with Crippen molar-refractivity contribution < 1.29 is 17.6 Å². The predicted molar refractivity (Wildman–Crippen MR) is 45.1 cm³/mol. The maximum atomic E-state index is 12.3. The van der Waals surface area contributed by atoms with Gasteiger partial charge in [0, 0.05) is 11.5 Å². The van der Waals surface area contributed by atoms with E-state index in [1.165, 1.54) is 6.26 Å². The third kappa shape index (κ3) is 1.46. The van der Waals surface area contributed by atoms with Crippen LogP contribution in [0.1, 0.15) is 5.56 Å². The van der Waals surface area contributed by atoms with Crippen LogP contribution in [-0.4, -0.2) is 0 Å². The second kappa shape index (κ2) is 2.92. The van der Waals surface area contributed by atoms with Crippen LogP contribution in [0.25, 0.3) is 11.0 Å². The summed E-state index contributed by atoms with van der Waals surface area (Å²) >= 11 is 5.60. The molecule has 1 nitrogen and oxygen atoms in total. The van der Waals surface area contributed by atoms with Crippen molar-refractivity contribution in [1.82, 2.24) is 0 Å². The minimum absolute atomic E-state index is 0.0592. The van der Waals surface area contributed by atoms with Gasteiger partial charge in [0.25, 0.3) is 0 Å². The fraction of sp³-hybridized carbons (Fsp3) is 0.111. The summed E-state index contributed by atoms with van der Waals surface area (Å²) in [6.07, 6.45) is -3.22. The second-order valence-corrected chi connectivity index (χ2v) is 3.12. The van der Waals surface area contributed by atoms with Gasteiger partial charge in [-0.15, -0.1) is 0 Å². The number of furan rings is 1. The second-order valence-electron chi connectivity index (χ2n) is 2.71. The highest BCUT2D eigenvalue weighted by Crippen LogP contribution is 2.35. The molecule has 0 aliphatic heterocycles.